The number of rotatable bonds is 6. The summed E-state index contributed by atoms with van der Waals surface area (Å²) in [5.74, 6) is 0. The van der Waals surface area contributed by atoms with Crippen LogP contribution in [-0.4, -0.2) is 27.0 Å². The summed E-state index contributed by atoms with van der Waals surface area (Å²) in [6.45, 7) is 3.05. The average molecular weight is 368 g/mol. The van der Waals surface area contributed by atoms with Gasteiger partial charge in [0.15, 0.2) is 0 Å². The van der Waals surface area contributed by atoms with Crippen LogP contribution in [0, 0.1) is 6.92 Å². The van der Waals surface area contributed by atoms with Gasteiger partial charge in [-0.2, -0.15) is 5.10 Å². The number of hydrogen-bond donors (Lipinski definition) is 0. The topological polar surface area (TPSA) is 39.9 Å². The Morgan fingerprint density at radius 1 is 1.15 bits per heavy atom. The zero-order chi connectivity index (χ0) is 18.7. The lowest BCUT2D eigenvalue weighted by molar-refractivity contribution is -0.104. The van der Waals surface area contributed by atoms with Gasteiger partial charge < -0.3 is 4.74 Å². The van der Waals surface area contributed by atoms with E-state index < -0.39 is 0 Å². The molecule has 2 aliphatic rings. The molecule has 2 fully saturated rings. The standard InChI is InChI=1S/C23H33N3O/c1-19-20(17-25-26(19)2)9-3-5-11-22(21-10-4-8-15-24-21)14-16-27-23(18-22)12-6-7-13-23/h4,8,10,15,17H,3,5-7,9,11-14,16,18H2,1-2H3. The number of ether oxygens (including phenoxy) is 1. The van der Waals surface area contributed by atoms with Crippen molar-refractivity contribution in [3.8, 4) is 0 Å². The molecular weight excluding hydrogens is 334 g/mol. The lowest BCUT2D eigenvalue weighted by Crippen LogP contribution is -2.46. The molecule has 2 aromatic rings. The minimum atomic E-state index is 0.121. The third-order valence-corrected chi connectivity index (χ3v) is 7.06. The molecule has 1 atom stereocenters. The van der Waals surface area contributed by atoms with Crippen LogP contribution in [0.15, 0.2) is 30.6 Å². The summed E-state index contributed by atoms with van der Waals surface area (Å²) in [6, 6.07) is 6.44. The van der Waals surface area contributed by atoms with E-state index >= 15 is 0 Å². The van der Waals surface area contributed by atoms with Gasteiger partial charge in [0, 0.05) is 36.7 Å². The number of nitrogens with zero attached hydrogens (tertiary/aromatic N) is 3. The molecule has 4 nitrogen and oxygen atoms in total. The van der Waals surface area contributed by atoms with Gasteiger partial charge in [0.05, 0.1) is 11.8 Å². The van der Waals surface area contributed by atoms with Gasteiger partial charge in [-0.3, -0.25) is 9.67 Å². The number of aromatic nitrogens is 3. The molecule has 0 aromatic carbocycles. The maximum Gasteiger partial charge on any atom is 0.0691 e. The first-order valence-corrected chi connectivity index (χ1v) is 10.7. The second-order valence-electron chi connectivity index (χ2n) is 8.75. The number of pyridine rings is 1. The van der Waals surface area contributed by atoms with Crippen molar-refractivity contribution < 1.29 is 4.74 Å². The number of hydrogen-bond acceptors (Lipinski definition) is 3. The Kier molecular flexibility index (Phi) is 5.36. The summed E-state index contributed by atoms with van der Waals surface area (Å²) < 4.78 is 8.34. The summed E-state index contributed by atoms with van der Waals surface area (Å²) in [6.07, 6.45) is 16.2. The van der Waals surface area contributed by atoms with Gasteiger partial charge >= 0.3 is 0 Å². The van der Waals surface area contributed by atoms with Crippen LogP contribution in [0.3, 0.4) is 0 Å². The molecule has 27 heavy (non-hydrogen) atoms. The van der Waals surface area contributed by atoms with Crippen molar-refractivity contribution in [2.45, 2.75) is 82.1 Å². The normalized spacial score (nSPS) is 24.5. The van der Waals surface area contributed by atoms with Crippen molar-refractivity contribution in [3.05, 3.63) is 47.5 Å². The smallest absolute Gasteiger partial charge is 0.0691 e. The van der Waals surface area contributed by atoms with E-state index in [1.807, 2.05) is 30.2 Å². The molecule has 0 radical (unpaired) electrons. The highest BCUT2D eigenvalue weighted by Gasteiger charge is 2.48. The van der Waals surface area contributed by atoms with E-state index in [-0.39, 0.29) is 11.0 Å². The Bertz CT molecular complexity index is 748. The molecule has 0 amide bonds. The first kappa shape index (κ1) is 18.7. The molecule has 1 unspecified atom stereocenters. The monoisotopic (exact) mass is 367 g/mol. The first-order chi connectivity index (χ1) is 13.1. The van der Waals surface area contributed by atoms with Crippen LogP contribution in [0.4, 0.5) is 0 Å². The molecule has 0 N–H and O–H groups in total. The van der Waals surface area contributed by atoms with Gasteiger partial charge in [0.1, 0.15) is 0 Å². The second kappa shape index (κ2) is 7.75. The third-order valence-electron chi connectivity index (χ3n) is 7.06. The maximum atomic E-state index is 6.36. The van der Waals surface area contributed by atoms with Crippen LogP contribution in [0.2, 0.25) is 0 Å². The average Bonchev–Trinajstić information content (AvgIpc) is 3.27. The summed E-state index contributed by atoms with van der Waals surface area (Å²) >= 11 is 0. The predicted octanol–water partition coefficient (Wildman–Crippen LogP) is 4.90. The fraction of sp³-hybridized carbons (Fsp3) is 0.652. The first-order valence-electron chi connectivity index (χ1n) is 10.7. The number of unbranched alkanes of at least 4 members (excludes halogenated alkanes) is 1. The van der Waals surface area contributed by atoms with E-state index in [1.54, 1.807) is 0 Å². The van der Waals surface area contributed by atoms with Crippen molar-refractivity contribution in [2.75, 3.05) is 6.61 Å². The molecule has 4 rings (SSSR count). The highest BCUT2D eigenvalue weighted by molar-refractivity contribution is 5.21. The summed E-state index contributed by atoms with van der Waals surface area (Å²) in [5, 5.41) is 4.38. The van der Waals surface area contributed by atoms with Crippen molar-refractivity contribution in [1.82, 2.24) is 14.8 Å². The molecule has 1 spiro atoms. The molecule has 1 saturated carbocycles. The zero-order valence-corrected chi connectivity index (χ0v) is 16.9. The van der Waals surface area contributed by atoms with Gasteiger partial charge in [-0.05, 0) is 69.6 Å². The molecule has 1 aliphatic heterocycles. The molecule has 1 saturated heterocycles. The van der Waals surface area contributed by atoms with E-state index in [2.05, 4.69) is 24.2 Å². The molecular formula is C23H33N3O. The Morgan fingerprint density at radius 2 is 2.00 bits per heavy atom. The van der Waals surface area contributed by atoms with E-state index in [0.717, 1.165) is 25.9 Å². The fourth-order valence-electron chi connectivity index (χ4n) is 5.36. The molecule has 3 heterocycles. The Morgan fingerprint density at radius 3 is 2.70 bits per heavy atom. The van der Waals surface area contributed by atoms with Gasteiger partial charge in [-0.25, -0.2) is 0 Å². The van der Waals surface area contributed by atoms with Crippen LogP contribution in [0.1, 0.15) is 74.7 Å². The summed E-state index contributed by atoms with van der Waals surface area (Å²) in [4.78, 5) is 4.81. The van der Waals surface area contributed by atoms with E-state index in [0.29, 0.717) is 0 Å². The Labute approximate surface area is 163 Å². The van der Waals surface area contributed by atoms with Crippen LogP contribution in [-0.2, 0) is 23.6 Å². The van der Waals surface area contributed by atoms with E-state index in [9.17, 15) is 0 Å². The van der Waals surface area contributed by atoms with E-state index in [1.165, 1.54) is 61.9 Å². The van der Waals surface area contributed by atoms with Crippen LogP contribution < -0.4 is 0 Å². The van der Waals surface area contributed by atoms with Crippen LogP contribution in [0.25, 0.3) is 0 Å². The number of aryl methyl sites for hydroxylation is 2. The minimum absolute atomic E-state index is 0.121. The predicted molar refractivity (Wildman–Crippen MR) is 108 cm³/mol. The molecule has 2 aromatic heterocycles. The quantitative estimate of drug-likeness (QED) is 0.682. The van der Waals surface area contributed by atoms with Crippen molar-refractivity contribution >= 4 is 0 Å². The van der Waals surface area contributed by atoms with E-state index in [4.69, 9.17) is 9.72 Å². The highest BCUT2D eigenvalue weighted by Crippen LogP contribution is 2.50. The Hall–Kier alpha value is -1.68. The summed E-state index contributed by atoms with van der Waals surface area (Å²) in [7, 11) is 2.03. The third kappa shape index (κ3) is 3.82. The fourth-order valence-corrected chi connectivity index (χ4v) is 5.36. The van der Waals surface area contributed by atoms with Gasteiger partial charge in [-0.1, -0.05) is 25.3 Å². The minimum Gasteiger partial charge on any atom is -0.375 e. The maximum absolute atomic E-state index is 6.36. The lowest BCUT2D eigenvalue weighted by atomic mass is 9.67. The largest absolute Gasteiger partial charge is 0.375 e. The second-order valence-corrected chi connectivity index (χ2v) is 8.75. The molecule has 0 bridgehead atoms. The summed E-state index contributed by atoms with van der Waals surface area (Å²) in [5.41, 5.74) is 4.29. The van der Waals surface area contributed by atoms with Crippen molar-refractivity contribution in [2.24, 2.45) is 7.05 Å². The lowest BCUT2D eigenvalue weighted by Gasteiger charge is -2.46. The van der Waals surface area contributed by atoms with Gasteiger partial charge in [0.25, 0.3) is 0 Å². The molecule has 1 aliphatic carbocycles. The van der Waals surface area contributed by atoms with Crippen LogP contribution >= 0.6 is 0 Å². The van der Waals surface area contributed by atoms with Crippen molar-refractivity contribution in [1.29, 1.82) is 0 Å². The Balaban J connectivity index is 1.46. The molecule has 4 heteroatoms. The highest BCUT2D eigenvalue weighted by atomic mass is 16.5. The van der Waals surface area contributed by atoms with Crippen LogP contribution in [0.5, 0.6) is 0 Å². The van der Waals surface area contributed by atoms with Crippen molar-refractivity contribution in [3.63, 3.8) is 0 Å². The molecule has 146 valence electrons. The van der Waals surface area contributed by atoms with Gasteiger partial charge in [-0.15, -0.1) is 0 Å². The zero-order valence-electron chi connectivity index (χ0n) is 16.9. The SMILES string of the molecule is Cc1c(CCCCC2(c3ccccn3)CCOC3(CCCC3)C2)cnn1C. The van der Waals surface area contributed by atoms with Gasteiger partial charge in [0.2, 0.25) is 0 Å².